The summed E-state index contributed by atoms with van der Waals surface area (Å²) in [6.45, 7) is 0.949. The standard InChI is InChI=1S/C28H29N3O2/c1-30(21-11-7-4-8-12-21)28(32)33-22-13-16-26-24(19-22)23-14-15-25(27(23)31(26)2)29-18-17-20-9-5-3-6-10-20/h3-13,16,19,25,29H,14-15,17-18H2,1-2H3. The number of anilines is 1. The fourth-order valence-electron chi connectivity index (χ4n) is 4.88. The number of aromatic nitrogens is 1. The third-order valence-corrected chi connectivity index (χ3v) is 6.61. The van der Waals surface area contributed by atoms with E-state index in [1.54, 1.807) is 7.05 Å². The Bertz CT molecular complexity index is 1260. The van der Waals surface area contributed by atoms with Crippen molar-refractivity contribution in [3.05, 3.63) is 95.7 Å². The number of rotatable bonds is 6. The van der Waals surface area contributed by atoms with Gasteiger partial charge in [-0.25, -0.2) is 4.79 Å². The van der Waals surface area contributed by atoms with Gasteiger partial charge in [-0.1, -0.05) is 48.5 Å². The van der Waals surface area contributed by atoms with Gasteiger partial charge in [0.05, 0.1) is 0 Å². The summed E-state index contributed by atoms with van der Waals surface area (Å²) < 4.78 is 8.00. The van der Waals surface area contributed by atoms with Crippen molar-refractivity contribution in [2.24, 2.45) is 7.05 Å². The molecular formula is C28H29N3O2. The summed E-state index contributed by atoms with van der Waals surface area (Å²) in [5.74, 6) is 0.573. The van der Waals surface area contributed by atoms with Crippen LogP contribution in [0.2, 0.25) is 0 Å². The molecule has 0 saturated heterocycles. The Balaban J connectivity index is 1.32. The quantitative estimate of drug-likeness (QED) is 0.423. The summed E-state index contributed by atoms with van der Waals surface area (Å²) in [6, 6.07) is 26.4. The van der Waals surface area contributed by atoms with Crippen molar-refractivity contribution in [1.29, 1.82) is 0 Å². The molecule has 5 nitrogen and oxygen atoms in total. The van der Waals surface area contributed by atoms with Crippen molar-refractivity contribution in [2.75, 3.05) is 18.5 Å². The van der Waals surface area contributed by atoms with Crippen LogP contribution in [0.25, 0.3) is 10.9 Å². The minimum absolute atomic E-state index is 0.344. The number of hydrogen-bond donors (Lipinski definition) is 1. The fraction of sp³-hybridized carbons (Fsp3) is 0.250. The molecule has 168 valence electrons. The van der Waals surface area contributed by atoms with E-state index in [0.29, 0.717) is 11.8 Å². The Morgan fingerprint density at radius 2 is 1.79 bits per heavy atom. The lowest BCUT2D eigenvalue weighted by atomic mass is 10.1. The maximum Gasteiger partial charge on any atom is 0.419 e. The van der Waals surface area contributed by atoms with Crippen molar-refractivity contribution >= 4 is 22.7 Å². The average Bonchev–Trinajstić information content (AvgIpc) is 3.39. The molecule has 5 rings (SSSR count). The van der Waals surface area contributed by atoms with Crippen LogP contribution < -0.4 is 15.0 Å². The minimum Gasteiger partial charge on any atom is -0.410 e. The molecule has 0 radical (unpaired) electrons. The number of aryl methyl sites for hydroxylation is 2. The number of nitrogens with zero attached hydrogens (tertiary/aromatic N) is 2. The largest absolute Gasteiger partial charge is 0.419 e. The minimum atomic E-state index is -0.395. The average molecular weight is 440 g/mol. The molecule has 0 aliphatic heterocycles. The molecule has 5 heteroatoms. The number of hydrogen-bond acceptors (Lipinski definition) is 3. The van der Waals surface area contributed by atoms with Gasteiger partial charge in [-0.05, 0) is 67.3 Å². The smallest absolute Gasteiger partial charge is 0.410 e. The third kappa shape index (κ3) is 4.24. The Labute approximate surface area is 194 Å². The van der Waals surface area contributed by atoms with E-state index in [1.165, 1.54) is 32.6 Å². The molecule has 0 saturated carbocycles. The van der Waals surface area contributed by atoms with Gasteiger partial charge < -0.3 is 14.6 Å². The highest BCUT2D eigenvalue weighted by Gasteiger charge is 2.28. The van der Waals surface area contributed by atoms with E-state index in [2.05, 4.69) is 53.3 Å². The zero-order chi connectivity index (χ0) is 22.8. The summed E-state index contributed by atoms with van der Waals surface area (Å²) in [6.07, 6.45) is 2.74. The first kappa shape index (κ1) is 21.3. The number of ether oxygens (including phenoxy) is 1. The molecule has 1 aliphatic rings. The van der Waals surface area contributed by atoms with Crippen molar-refractivity contribution in [2.45, 2.75) is 25.3 Å². The third-order valence-electron chi connectivity index (χ3n) is 6.61. The Kier molecular flexibility index (Phi) is 5.88. The normalized spacial score (nSPS) is 14.9. The number of carbonyl (C=O) groups is 1. The number of nitrogens with one attached hydrogen (secondary N) is 1. The van der Waals surface area contributed by atoms with Crippen LogP contribution >= 0.6 is 0 Å². The van der Waals surface area contributed by atoms with Gasteiger partial charge in [0.2, 0.25) is 0 Å². The van der Waals surface area contributed by atoms with E-state index in [4.69, 9.17) is 4.74 Å². The van der Waals surface area contributed by atoms with Crippen LogP contribution in [0, 0.1) is 0 Å². The Morgan fingerprint density at radius 3 is 2.55 bits per heavy atom. The molecular weight excluding hydrogens is 410 g/mol. The highest BCUT2D eigenvalue weighted by atomic mass is 16.6. The summed E-state index contributed by atoms with van der Waals surface area (Å²) >= 11 is 0. The molecule has 1 N–H and O–H groups in total. The van der Waals surface area contributed by atoms with Crippen LogP contribution in [0.5, 0.6) is 5.75 Å². The van der Waals surface area contributed by atoms with Crippen molar-refractivity contribution in [3.63, 3.8) is 0 Å². The van der Waals surface area contributed by atoms with Gasteiger partial charge >= 0.3 is 6.09 Å². The lowest BCUT2D eigenvalue weighted by Crippen LogP contribution is -2.29. The van der Waals surface area contributed by atoms with Gasteiger partial charge in [-0.2, -0.15) is 0 Å². The lowest BCUT2D eigenvalue weighted by Gasteiger charge is -2.17. The maximum atomic E-state index is 12.7. The molecule has 1 aliphatic carbocycles. The van der Waals surface area contributed by atoms with E-state index in [1.807, 2.05) is 42.5 Å². The predicted molar refractivity (Wildman–Crippen MR) is 133 cm³/mol. The first-order valence-corrected chi connectivity index (χ1v) is 11.5. The molecule has 3 aromatic carbocycles. The molecule has 4 aromatic rings. The van der Waals surface area contributed by atoms with E-state index in [9.17, 15) is 4.79 Å². The van der Waals surface area contributed by atoms with Gasteiger partial charge in [-0.15, -0.1) is 0 Å². The molecule has 33 heavy (non-hydrogen) atoms. The molecule has 1 heterocycles. The molecule has 1 unspecified atom stereocenters. The SMILES string of the molecule is CN(C(=O)Oc1ccc2c(c1)c1c(n2C)C(NCCc2ccccc2)CC1)c1ccccc1. The van der Waals surface area contributed by atoms with Crippen LogP contribution in [0.3, 0.4) is 0 Å². The van der Waals surface area contributed by atoms with Crippen LogP contribution in [0.4, 0.5) is 10.5 Å². The zero-order valence-corrected chi connectivity index (χ0v) is 19.1. The summed E-state index contributed by atoms with van der Waals surface area (Å²) in [4.78, 5) is 14.2. The van der Waals surface area contributed by atoms with Crippen LogP contribution in [0.15, 0.2) is 78.9 Å². The van der Waals surface area contributed by atoms with Gasteiger partial charge in [0.1, 0.15) is 5.75 Å². The topological polar surface area (TPSA) is 46.5 Å². The van der Waals surface area contributed by atoms with E-state index in [-0.39, 0.29) is 0 Å². The van der Waals surface area contributed by atoms with Crippen LogP contribution in [-0.2, 0) is 19.9 Å². The van der Waals surface area contributed by atoms with Gasteiger partial charge in [0.25, 0.3) is 0 Å². The summed E-state index contributed by atoms with van der Waals surface area (Å²) in [5, 5.41) is 4.93. The first-order valence-electron chi connectivity index (χ1n) is 11.5. The van der Waals surface area contributed by atoms with Crippen LogP contribution in [-0.4, -0.2) is 24.3 Å². The molecule has 0 bridgehead atoms. The molecule has 1 atom stereocenters. The number of para-hydroxylation sites is 1. The maximum absolute atomic E-state index is 12.7. The van der Waals surface area contributed by atoms with Gasteiger partial charge in [0, 0.05) is 42.4 Å². The number of fused-ring (bicyclic) bond motifs is 3. The lowest BCUT2D eigenvalue weighted by molar-refractivity contribution is 0.209. The van der Waals surface area contributed by atoms with Crippen molar-refractivity contribution < 1.29 is 9.53 Å². The Morgan fingerprint density at radius 1 is 1.06 bits per heavy atom. The van der Waals surface area contributed by atoms with Crippen LogP contribution in [0.1, 0.15) is 29.3 Å². The monoisotopic (exact) mass is 439 g/mol. The van der Waals surface area contributed by atoms with E-state index in [0.717, 1.165) is 31.5 Å². The first-order chi connectivity index (χ1) is 16.1. The number of amides is 1. The highest BCUT2D eigenvalue weighted by molar-refractivity contribution is 5.91. The fourth-order valence-corrected chi connectivity index (χ4v) is 4.88. The second-order valence-corrected chi connectivity index (χ2v) is 8.65. The second kappa shape index (κ2) is 9.12. The Hall–Kier alpha value is -3.57. The molecule has 1 aromatic heterocycles. The van der Waals surface area contributed by atoms with Crippen molar-refractivity contribution in [1.82, 2.24) is 9.88 Å². The van der Waals surface area contributed by atoms with Gasteiger partial charge in [0.15, 0.2) is 0 Å². The number of carbonyl (C=O) groups excluding carboxylic acids is 1. The summed E-state index contributed by atoms with van der Waals surface area (Å²) in [7, 11) is 3.86. The van der Waals surface area contributed by atoms with E-state index < -0.39 is 6.09 Å². The second-order valence-electron chi connectivity index (χ2n) is 8.65. The van der Waals surface area contributed by atoms with Crippen molar-refractivity contribution in [3.8, 4) is 5.75 Å². The number of benzene rings is 3. The zero-order valence-electron chi connectivity index (χ0n) is 19.1. The molecule has 1 amide bonds. The predicted octanol–water partition coefficient (Wildman–Crippen LogP) is 5.63. The molecule has 0 fully saturated rings. The summed E-state index contributed by atoms with van der Waals surface area (Å²) in [5.41, 5.74) is 6.04. The van der Waals surface area contributed by atoms with E-state index >= 15 is 0 Å². The highest BCUT2D eigenvalue weighted by Crippen LogP contribution is 2.39. The van der Waals surface area contributed by atoms with Gasteiger partial charge in [-0.3, -0.25) is 4.90 Å². The molecule has 0 spiro atoms.